The summed E-state index contributed by atoms with van der Waals surface area (Å²) < 4.78 is 33.8. The first kappa shape index (κ1) is 27.0. The van der Waals surface area contributed by atoms with Gasteiger partial charge in [-0.05, 0) is 36.1 Å². The Bertz CT molecular complexity index is 915. The Morgan fingerprint density at radius 1 is 1.18 bits per heavy atom. The molecular formula is C21H34N4O7S. The molecule has 0 radical (unpaired) electrons. The van der Waals surface area contributed by atoms with Crippen LogP contribution in [-0.4, -0.2) is 92.8 Å². The molecule has 0 bridgehead atoms. The molecule has 1 atom stereocenters. The van der Waals surface area contributed by atoms with Crippen molar-refractivity contribution in [2.75, 3.05) is 46.4 Å². The Kier molecular flexibility index (Phi) is 10.0. The minimum absolute atomic E-state index is 0.0553. The van der Waals surface area contributed by atoms with E-state index in [0.29, 0.717) is 44.0 Å². The van der Waals surface area contributed by atoms with Crippen molar-refractivity contribution in [1.29, 1.82) is 0 Å². The van der Waals surface area contributed by atoms with E-state index in [1.807, 2.05) is 0 Å². The van der Waals surface area contributed by atoms with Gasteiger partial charge in [0.15, 0.2) is 0 Å². The number of hydrogen-bond acceptors (Lipinski definition) is 8. The fourth-order valence-corrected chi connectivity index (χ4v) is 5.29. The van der Waals surface area contributed by atoms with Gasteiger partial charge in [-0.3, -0.25) is 19.7 Å². The standard InChI is InChI=1S/C21H34N4O7S/c1-15(2)20(21(28)22-29)23-33(30,31)18-6-5-17(32-3)14-16(18)4-7-19(27)25-10-8-24(9-11-25)12-13-26/h5-6,14-15,20,23,26,29H,4,7-13H2,1-3H3,(H,22,28). The van der Waals surface area contributed by atoms with Gasteiger partial charge in [-0.2, -0.15) is 4.72 Å². The summed E-state index contributed by atoms with van der Waals surface area (Å²) in [6, 6.07) is 3.27. The van der Waals surface area contributed by atoms with Crippen molar-refractivity contribution in [3.05, 3.63) is 23.8 Å². The minimum atomic E-state index is -4.13. The monoisotopic (exact) mass is 486 g/mol. The molecule has 1 aromatic rings. The van der Waals surface area contributed by atoms with Gasteiger partial charge in [0.25, 0.3) is 5.91 Å². The first-order valence-electron chi connectivity index (χ1n) is 10.9. The molecule has 0 aromatic heterocycles. The maximum Gasteiger partial charge on any atom is 0.261 e. The SMILES string of the molecule is COc1ccc(S(=O)(=O)NC(C(=O)NO)C(C)C)c(CCC(=O)N2CCN(CCO)CC2)c1. The van der Waals surface area contributed by atoms with Crippen LogP contribution in [0.15, 0.2) is 23.1 Å². The highest BCUT2D eigenvalue weighted by Crippen LogP contribution is 2.24. The number of aryl methyl sites for hydroxylation is 1. The molecule has 0 spiro atoms. The number of aliphatic hydroxyl groups excluding tert-OH is 1. The molecule has 11 nitrogen and oxygen atoms in total. The van der Waals surface area contributed by atoms with Crippen LogP contribution in [-0.2, 0) is 26.0 Å². The number of nitrogens with zero attached hydrogens (tertiary/aromatic N) is 2. The summed E-state index contributed by atoms with van der Waals surface area (Å²) in [6.45, 7) is 6.41. The maximum atomic E-state index is 13.1. The van der Waals surface area contributed by atoms with Crippen molar-refractivity contribution in [2.24, 2.45) is 5.92 Å². The van der Waals surface area contributed by atoms with Crippen molar-refractivity contribution >= 4 is 21.8 Å². The number of nitrogens with one attached hydrogen (secondary N) is 2. The number of sulfonamides is 1. The summed E-state index contributed by atoms with van der Waals surface area (Å²) in [6.07, 6.45) is 0.280. The fourth-order valence-electron chi connectivity index (χ4n) is 3.69. The highest BCUT2D eigenvalue weighted by molar-refractivity contribution is 7.89. The first-order valence-corrected chi connectivity index (χ1v) is 12.4. The van der Waals surface area contributed by atoms with E-state index in [1.54, 1.807) is 24.8 Å². The van der Waals surface area contributed by atoms with Gasteiger partial charge in [-0.1, -0.05) is 13.8 Å². The Morgan fingerprint density at radius 2 is 1.85 bits per heavy atom. The molecule has 33 heavy (non-hydrogen) atoms. The van der Waals surface area contributed by atoms with E-state index in [2.05, 4.69) is 9.62 Å². The second kappa shape index (κ2) is 12.3. The van der Waals surface area contributed by atoms with Crippen molar-refractivity contribution in [3.8, 4) is 5.75 Å². The van der Waals surface area contributed by atoms with E-state index in [0.717, 1.165) is 0 Å². The third-order valence-corrected chi connectivity index (χ3v) is 7.19. The van der Waals surface area contributed by atoms with Gasteiger partial charge in [0, 0.05) is 39.1 Å². The van der Waals surface area contributed by atoms with E-state index < -0.39 is 27.9 Å². The molecule has 1 aliphatic rings. The molecule has 0 saturated carbocycles. The molecule has 1 fully saturated rings. The van der Waals surface area contributed by atoms with Gasteiger partial charge in [0.1, 0.15) is 11.8 Å². The fraction of sp³-hybridized carbons (Fsp3) is 0.619. The van der Waals surface area contributed by atoms with Gasteiger partial charge in [0.05, 0.1) is 18.6 Å². The number of aliphatic hydroxyl groups is 1. The highest BCUT2D eigenvalue weighted by Gasteiger charge is 2.30. The Labute approximate surface area is 194 Å². The summed E-state index contributed by atoms with van der Waals surface area (Å²) in [5.41, 5.74) is 1.88. The van der Waals surface area contributed by atoms with Gasteiger partial charge in [0.2, 0.25) is 15.9 Å². The van der Waals surface area contributed by atoms with E-state index in [9.17, 15) is 18.0 Å². The van der Waals surface area contributed by atoms with E-state index in [4.69, 9.17) is 15.1 Å². The number of carbonyl (C=O) groups excluding carboxylic acids is 2. The zero-order valence-electron chi connectivity index (χ0n) is 19.3. The van der Waals surface area contributed by atoms with Crippen molar-refractivity contribution in [1.82, 2.24) is 20.0 Å². The van der Waals surface area contributed by atoms with E-state index in [-0.39, 0.29) is 30.3 Å². The highest BCUT2D eigenvalue weighted by atomic mass is 32.2. The Morgan fingerprint density at radius 3 is 2.39 bits per heavy atom. The van der Waals surface area contributed by atoms with Crippen LogP contribution in [0.1, 0.15) is 25.8 Å². The Balaban J connectivity index is 2.17. The first-order chi connectivity index (χ1) is 15.6. The van der Waals surface area contributed by atoms with Crippen molar-refractivity contribution < 1.29 is 33.1 Å². The zero-order chi connectivity index (χ0) is 24.6. The smallest absolute Gasteiger partial charge is 0.261 e. The summed E-state index contributed by atoms with van der Waals surface area (Å²) >= 11 is 0. The second-order valence-corrected chi connectivity index (χ2v) is 9.92. The van der Waals surface area contributed by atoms with Crippen molar-refractivity contribution in [3.63, 3.8) is 0 Å². The molecule has 1 aliphatic heterocycles. The molecule has 2 rings (SSSR count). The predicted octanol–water partition coefficient (Wildman–Crippen LogP) is -0.427. The number of hydrogen-bond donors (Lipinski definition) is 4. The van der Waals surface area contributed by atoms with Crippen LogP contribution in [0.2, 0.25) is 0 Å². The van der Waals surface area contributed by atoms with Crippen LogP contribution < -0.4 is 14.9 Å². The van der Waals surface area contributed by atoms with Crippen LogP contribution in [0.3, 0.4) is 0 Å². The Hall–Kier alpha value is -2.25. The molecule has 2 amide bonds. The average Bonchev–Trinajstić information content (AvgIpc) is 2.80. The number of hydroxylamine groups is 1. The van der Waals surface area contributed by atoms with E-state index in [1.165, 1.54) is 24.7 Å². The van der Waals surface area contributed by atoms with Gasteiger partial charge < -0.3 is 14.7 Å². The van der Waals surface area contributed by atoms with Crippen LogP contribution in [0.25, 0.3) is 0 Å². The largest absolute Gasteiger partial charge is 0.497 e. The number of β-amino-alcohol motifs (C(OH)–C–C–N with tert-alkyl or cyclic N) is 1. The van der Waals surface area contributed by atoms with Crippen LogP contribution >= 0.6 is 0 Å². The lowest BCUT2D eigenvalue weighted by Gasteiger charge is -2.34. The third kappa shape index (κ3) is 7.37. The molecular weight excluding hydrogens is 452 g/mol. The number of methoxy groups -OCH3 is 1. The van der Waals surface area contributed by atoms with E-state index >= 15 is 0 Å². The van der Waals surface area contributed by atoms with Gasteiger partial charge in [-0.15, -0.1) is 0 Å². The molecule has 12 heteroatoms. The summed E-state index contributed by atoms with van der Waals surface area (Å²) in [5.74, 6) is -0.918. The minimum Gasteiger partial charge on any atom is -0.497 e. The van der Waals surface area contributed by atoms with Crippen LogP contribution in [0.5, 0.6) is 5.75 Å². The maximum absolute atomic E-state index is 13.1. The normalized spacial score (nSPS) is 16.0. The number of amides is 2. The molecule has 186 valence electrons. The molecule has 4 N–H and O–H groups in total. The molecule has 1 aromatic carbocycles. The van der Waals surface area contributed by atoms with Crippen molar-refractivity contribution in [2.45, 2.75) is 37.6 Å². The lowest BCUT2D eigenvalue weighted by Crippen LogP contribution is -2.49. The summed E-state index contributed by atoms with van der Waals surface area (Å²) in [7, 11) is -2.67. The number of rotatable bonds is 11. The summed E-state index contributed by atoms with van der Waals surface area (Å²) in [4.78, 5) is 28.4. The third-order valence-electron chi connectivity index (χ3n) is 5.65. The molecule has 0 aliphatic carbocycles. The molecule has 1 heterocycles. The lowest BCUT2D eigenvalue weighted by molar-refractivity contribution is -0.133. The zero-order valence-corrected chi connectivity index (χ0v) is 20.1. The number of ether oxygens (including phenoxy) is 1. The van der Waals surface area contributed by atoms with Crippen LogP contribution in [0.4, 0.5) is 0 Å². The number of piperazine rings is 1. The van der Waals surface area contributed by atoms with Crippen LogP contribution in [0, 0.1) is 5.92 Å². The lowest BCUT2D eigenvalue weighted by atomic mass is 10.1. The number of carbonyl (C=O) groups is 2. The summed E-state index contributed by atoms with van der Waals surface area (Å²) in [5, 5.41) is 18.0. The van der Waals surface area contributed by atoms with Gasteiger partial charge in [-0.25, -0.2) is 13.9 Å². The predicted molar refractivity (Wildman–Crippen MR) is 120 cm³/mol. The number of benzene rings is 1. The average molecular weight is 487 g/mol. The molecule has 1 unspecified atom stereocenters. The quantitative estimate of drug-likeness (QED) is 0.243. The second-order valence-electron chi connectivity index (χ2n) is 8.24. The molecule has 1 saturated heterocycles. The topological polar surface area (TPSA) is 149 Å². The van der Waals surface area contributed by atoms with Gasteiger partial charge >= 0.3 is 0 Å².